The minimum atomic E-state index is 0.401. The van der Waals surface area contributed by atoms with Gasteiger partial charge in [-0.1, -0.05) is 18.5 Å². The molecular formula is C8H12ClN3. The Bertz CT molecular complexity index is 252. The molecule has 0 saturated heterocycles. The van der Waals surface area contributed by atoms with Crippen molar-refractivity contribution in [2.75, 3.05) is 5.32 Å². The molecule has 3 nitrogen and oxygen atoms in total. The summed E-state index contributed by atoms with van der Waals surface area (Å²) in [7, 11) is 0. The van der Waals surface area contributed by atoms with Crippen LogP contribution in [0.5, 0.6) is 0 Å². The van der Waals surface area contributed by atoms with E-state index < -0.39 is 0 Å². The van der Waals surface area contributed by atoms with E-state index in [1.54, 1.807) is 6.20 Å². The van der Waals surface area contributed by atoms with Gasteiger partial charge in [-0.2, -0.15) is 0 Å². The van der Waals surface area contributed by atoms with Gasteiger partial charge in [-0.05, 0) is 13.3 Å². The molecule has 0 spiro atoms. The molecule has 1 heterocycles. The summed E-state index contributed by atoms with van der Waals surface area (Å²) in [6.45, 7) is 4.19. The molecule has 1 rings (SSSR count). The average Bonchev–Trinajstić information content (AvgIpc) is 2.04. The van der Waals surface area contributed by atoms with Gasteiger partial charge < -0.3 is 5.32 Å². The van der Waals surface area contributed by atoms with Crippen molar-refractivity contribution in [3.63, 3.8) is 0 Å². The monoisotopic (exact) mass is 185 g/mol. The minimum absolute atomic E-state index is 0.401. The maximum atomic E-state index is 5.66. The van der Waals surface area contributed by atoms with E-state index in [-0.39, 0.29) is 0 Å². The lowest BCUT2D eigenvalue weighted by molar-refractivity contribution is 0.758. The first-order valence-corrected chi connectivity index (χ1v) is 4.34. The van der Waals surface area contributed by atoms with Crippen molar-refractivity contribution in [3.8, 4) is 0 Å². The molecule has 0 saturated carbocycles. The second-order valence-electron chi connectivity index (χ2n) is 2.68. The Morgan fingerprint density at radius 1 is 1.58 bits per heavy atom. The molecule has 0 aromatic carbocycles. The molecule has 1 aromatic heterocycles. The molecule has 0 amide bonds. The number of anilines is 1. The van der Waals surface area contributed by atoms with E-state index in [9.17, 15) is 0 Å². The maximum absolute atomic E-state index is 5.66. The molecule has 0 unspecified atom stereocenters. The Balaban J connectivity index is 2.63. The molecule has 0 fully saturated rings. The van der Waals surface area contributed by atoms with E-state index in [4.69, 9.17) is 11.6 Å². The molecule has 0 aliphatic rings. The molecule has 0 radical (unpaired) electrons. The zero-order chi connectivity index (χ0) is 8.97. The van der Waals surface area contributed by atoms with E-state index in [1.807, 2.05) is 0 Å². The number of rotatable bonds is 3. The smallest absolute Gasteiger partial charge is 0.149 e. The highest BCUT2D eigenvalue weighted by Crippen LogP contribution is 2.08. The molecule has 66 valence electrons. The normalized spacial score (nSPS) is 12.6. The van der Waals surface area contributed by atoms with Crippen LogP contribution in [0.1, 0.15) is 20.3 Å². The van der Waals surface area contributed by atoms with E-state index in [1.165, 1.54) is 6.20 Å². The molecule has 0 aliphatic carbocycles. The summed E-state index contributed by atoms with van der Waals surface area (Å²) in [6, 6.07) is 0.401. The van der Waals surface area contributed by atoms with Crippen LogP contribution in [0.3, 0.4) is 0 Å². The number of halogens is 1. The van der Waals surface area contributed by atoms with Crippen LogP contribution in [-0.4, -0.2) is 16.0 Å². The summed E-state index contributed by atoms with van der Waals surface area (Å²) in [5, 5.41) is 3.59. The second kappa shape index (κ2) is 4.26. The SMILES string of the molecule is CC[C@H](C)Nc1cncc(Cl)n1. The van der Waals surface area contributed by atoms with Crippen LogP contribution in [-0.2, 0) is 0 Å². The lowest BCUT2D eigenvalue weighted by Gasteiger charge is -2.10. The number of hydrogen-bond donors (Lipinski definition) is 1. The van der Waals surface area contributed by atoms with Gasteiger partial charge in [-0.3, -0.25) is 4.98 Å². The van der Waals surface area contributed by atoms with Crippen molar-refractivity contribution in [2.45, 2.75) is 26.3 Å². The molecule has 0 bridgehead atoms. The molecule has 1 N–H and O–H groups in total. The highest BCUT2D eigenvalue weighted by molar-refractivity contribution is 6.29. The Kier molecular flexibility index (Phi) is 3.29. The van der Waals surface area contributed by atoms with Crippen LogP contribution in [0.2, 0.25) is 5.15 Å². The number of nitrogens with one attached hydrogen (secondary N) is 1. The molecule has 0 aliphatic heterocycles. The summed E-state index contributed by atoms with van der Waals surface area (Å²) in [4.78, 5) is 7.97. The highest BCUT2D eigenvalue weighted by atomic mass is 35.5. The van der Waals surface area contributed by atoms with Crippen LogP contribution in [0.4, 0.5) is 5.82 Å². The highest BCUT2D eigenvalue weighted by Gasteiger charge is 1.99. The van der Waals surface area contributed by atoms with E-state index in [0.29, 0.717) is 11.2 Å². The van der Waals surface area contributed by atoms with Crippen LogP contribution < -0.4 is 5.32 Å². The summed E-state index contributed by atoms with van der Waals surface area (Å²) in [6.07, 6.45) is 4.23. The Morgan fingerprint density at radius 2 is 2.33 bits per heavy atom. The predicted octanol–water partition coefficient (Wildman–Crippen LogP) is 2.34. The Morgan fingerprint density at radius 3 is 2.92 bits per heavy atom. The fraction of sp³-hybridized carbons (Fsp3) is 0.500. The minimum Gasteiger partial charge on any atom is -0.366 e. The summed E-state index contributed by atoms with van der Waals surface area (Å²) >= 11 is 5.66. The van der Waals surface area contributed by atoms with E-state index in [0.717, 1.165) is 12.2 Å². The summed E-state index contributed by atoms with van der Waals surface area (Å²) in [5.41, 5.74) is 0. The van der Waals surface area contributed by atoms with Crippen molar-refractivity contribution >= 4 is 17.4 Å². The zero-order valence-corrected chi connectivity index (χ0v) is 7.97. The second-order valence-corrected chi connectivity index (χ2v) is 3.07. The Labute approximate surface area is 77.2 Å². The first-order valence-electron chi connectivity index (χ1n) is 3.96. The van der Waals surface area contributed by atoms with Gasteiger partial charge in [0.05, 0.1) is 12.4 Å². The predicted molar refractivity (Wildman–Crippen MR) is 50.4 cm³/mol. The van der Waals surface area contributed by atoms with Crippen molar-refractivity contribution < 1.29 is 0 Å². The third kappa shape index (κ3) is 2.66. The van der Waals surface area contributed by atoms with Crippen LogP contribution >= 0.6 is 11.6 Å². The quantitative estimate of drug-likeness (QED) is 0.786. The topological polar surface area (TPSA) is 37.8 Å². The summed E-state index contributed by atoms with van der Waals surface area (Å²) in [5.74, 6) is 0.733. The third-order valence-corrected chi connectivity index (χ3v) is 1.79. The first-order chi connectivity index (χ1) is 5.72. The van der Waals surface area contributed by atoms with Crippen molar-refractivity contribution in [2.24, 2.45) is 0 Å². The van der Waals surface area contributed by atoms with E-state index >= 15 is 0 Å². The van der Waals surface area contributed by atoms with Crippen molar-refractivity contribution in [1.82, 2.24) is 9.97 Å². The fourth-order valence-electron chi connectivity index (χ4n) is 0.766. The van der Waals surface area contributed by atoms with Gasteiger partial charge in [-0.15, -0.1) is 0 Å². The number of nitrogens with zero attached hydrogens (tertiary/aromatic N) is 2. The van der Waals surface area contributed by atoms with Crippen LogP contribution in [0.25, 0.3) is 0 Å². The van der Waals surface area contributed by atoms with Gasteiger partial charge >= 0.3 is 0 Å². The van der Waals surface area contributed by atoms with Crippen LogP contribution in [0, 0.1) is 0 Å². The Hall–Kier alpha value is -0.830. The van der Waals surface area contributed by atoms with Gasteiger partial charge in [-0.25, -0.2) is 4.98 Å². The largest absolute Gasteiger partial charge is 0.366 e. The van der Waals surface area contributed by atoms with E-state index in [2.05, 4.69) is 29.1 Å². The molecule has 1 atom stereocenters. The average molecular weight is 186 g/mol. The standard InChI is InChI=1S/C8H12ClN3/c1-3-6(2)11-8-5-10-4-7(9)12-8/h4-6H,3H2,1-2H3,(H,11,12)/t6-/m0/s1. The van der Waals surface area contributed by atoms with Gasteiger partial charge in [0.15, 0.2) is 0 Å². The number of aromatic nitrogens is 2. The molecule has 4 heteroatoms. The van der Waals surface area contributed by atoms with Crippen molar-refractivity contribution in [1.29, 1.82) is 0 Å². The zero-order valence-electron chi connectivity index (χ0n) is 7.21. The van der Waals surface area contributed by atoms with Gasteiger partial charge in [0, 0.05) is 6.04 Å². The van der Waals surface area contributed by atoms with Crippen molar-refractivity contribution in [3.05, 3.63) is 17.5 Å². The van der Waals surface area contributed by atoms with Gasteiger partial charge in [0.25, 0.3) is 0 Å². The maximum Gasteiger partial charge on any atom is 0.149 e. The van der Waals surface area contributed by atoms with Crippen LogP contribution in [0.15, 0.2) is 12.4 Å². The molecule has 12 heavy (non-hydrogen) atoms. The third-order valence-electron chi connectivity index (χ3n) is 1.61. The molecular weight excluding hydrogens is 174 g/mol. The lowest BCUT2D eigenvalue weighted by Crippen LogP contribution is -2.14. The van der Waals surface area contributed by atoms with Gasteiger partial charge in [0.2, 0.25) is 0 Å². The summed E-state index contributed by atoms with van der Waals surface area (Å²) < 4.78 is 0. The fourth-order valence-corrected chi connectivity index (χ4v) is 0.914. The first kappa shape index (κ1) is 9.26. The number of hydrogen-bond acceptors (Lipinski definition) is 3. The molecule has 1 aromatic rings. The lowest BCUT2D eigenvalue weighted by atomic mass is 10.3. The van der Waals surface area contributed by atoms with Gasteiger partial charge in [0.1, 0.15) is 11.0 Å².